The van der Waals surface area contributed by atoms with Crippen LogP contribution in [-0.4, -0.2) is 23.1 Å². The van der Waals surface area contributed by atoms with E-state index in [1.165, 1.54) is 6.33 Å². The summed E-state index contributed by atoms with van der Waals surface area (Å²) in [5.74, 6) is 0.235. The van der Waals surface area contributed by atoms with E-state index < -0.39 is 11.6 Å². The Morgan fingerprint density at radius 1 is 1.05 bits per heavy atom. The number of aromatic nitrogens is 2. The summed E-state index contributed by atoms with van der Waals surface area (Å²) in [6.07, 6.45) is 3.71. The van der Waals surface area contributed by atoms with E-state index in [1.54, 1.807) is 6.07 Å². The quantitative estimate of drug-likeness (QED) is 0.935. The molecule has 2 aromatic rings. The molecule has 0 radical (unpaired) electrons. The highest BCUT2D eigenvalue weighted by molar-refractivity contribution is 5.60. The first-order valence-electron chi connectivity index (χ1n) is 6.51. The van der Waals surface area contributed by atoms with Crippen LogP contribution in [0, 0.1) is 11.6 Å². The van der Waals surface area contributed by atoms with Crippen LogP contribution in [0.5, 0.6) is 0 Å². The van der Waals surface area contributed by atoms with Gasteiger partial charge in [0.15, 0.2) is 0 Å². The number of hydrogen-bond donors (Lipinski definition) is 1. The van der Waals surface area contributed by atoms with Crippen LogP contribution >= 0.6 is 0 Å². The largest absolute Gasteiger partial charge is 0.356 e. The van der Waals surface area contributed by atoms with E-state index >= 15 is 0 Å². The zero-order valence-electron chi connectivity index (χ0n) is 10.8. The van der Waals surface area contributed by atoms with Crippen LogP contribution in [0.2, 0.25) is 0 Å². The van der Waals surface area contributed by atoms with Crippen LogP contribution in [0.1, 0.15) is 12.8 Å². The average molecular weight is 276 g/mol. The molecule has 1 aliphatic rings. The second-order valence-electron chi connectivity index (χ2n) is 4.70. The van der Waals surface area contributed by atoms with Crippen molar-refractivity contribution in [3.05, 3.63) is 42.2 Å². The maximum absolute atomic E-state index is 13.6. The molecule has 0 unspecified atom stereocenters. The maximum atomic E-state index is 13.6. The van der Waals surface area contributed by atoms with Gasteiger partial charge in [-0.2, -0.15) is 0 Å². The van der Waals surface area contributed by atoms with E-state index in [1.807, 2.05) is 0 Å². The van der Waals surface area contributed by atoms with Crippen molar-refractivity contribution in [2.24, 2.45) is 0 Å². The molecule has 1 saturated heterocycles. The van der Waals surface area contributed by atoms with Crippen molar-refractivity contribution in [3.63, 3.8) is 0 Å². The Kier molecular flexibility index (Phi) is 3.45. The molecule has 3 rings (SSSR count). The number of benzene rings is 1. The van der Waals surface area contributed by atoms with Gasteiger partial charge in [-0.3, -0.25) is 0 Å². The summed E-state index contributed by atoms with van der Waals surface area (Å²) >= 11 is 0. The van der Waals surface area contributed by atoms with Gasteiger partial charge in [0.1, 0.15) is 29.6 Å². The van der Waals surface area contributed by atoms with Gasteiger partial charge in [-0.15, -0.1) is 0 Å². The average Bonchev–Trinajstić information content (AvgIpc) is 2.97. The molecular formula is C14H14F2N4. The zero-order chi connectivity index (χ0) is 13.9. The minimum absolute atomic E-state index is 0.0658. The van der Waals surface area contributed by atoms with Gasteiger partial charge in [-0.1, -0.05) is 0 Å². The third-order valence-corrected chi connectivity index (χ3v) is 3.27. The Labute approximate surface area is 115 Å². The lowest BCUT2D eigenvalue weighted by Gasteiger charge is -2.16. The van der Waals surface area contributed by atoms with Crippen molar-refractivity contribution < 1.29 is 8.78 Å². The lowest BCUT2D eigenvalue weighted by molar-refractivity contribution is 0.603. The molecule has 6 heteroatoms. The lowest BCUT2D eigenvalue weighted by Crippen LogP contribution is -2.19. The first-order chi connectivity index (χ1) is 9.72. The number of halogens is 2. The second kappa shape index (κ2) is 5.40. The topological polar surface area (TPSA) is 41.0 Å². The van der Waals surface area contributed by atoms with Crippen molar-refractivity contribution in [2.75, 3.05) is 23.3 Å². The molecule has 0 amide bonds. The highest BCUT2D eigenvalue weighted by atomic mass is 19.1. The van der Waals surface area contributed by atoms with Gasteiger partial charge in [-0.25, -0.2) is 18.7 Å². The summed E-state index contributed by atoms with van der Waals surface area (Å²) in [4.78, 5) is 10.4. The Balaban J connectivity index is 1.83. The Morgan fingerprint density at radius 3 is 2.65 bits per heavy atom. The zero-order valence-corrected chi connectivity index (χ0v) is 10.8. The molecule has 104 valence electrons. The summed E-state index contributed by atoms with van der Waals surface area (Å²) in [6.45, 7) is 1.93. The monoisotopic (exact) mass is 276 g/mol. The fraction of sp³-hybridized carbons (Fsp3) is 0.286. The second-order valence-corrected chi connectivity index (χ2v) is 4.70. The van der Waals surface area contributed by atoms with Crippen LogP contribution in [0.25, 0.3) is 0 Å². The molecule has 1 aromatic heterocycles. The van der Waals surface area contributed by atoms with E-state index in [2.05, 4.69) is 20.2 Å². The van der Waals surface area contributed by atoms with Gasteiger partial charge in [0.25, 0.3) is 0 Å². The first-order valence-corrected chi connectivity index (χ1v) is 6.51. The van der Waals surface area contributed by atoms with E-state index in [0.717, 1.165) is 49.9 Å². The molecule has 0 bridgehead atoms. The summed E-state index contributed by atoms with van der Waals surface area (Å²) < 4.78 is 26.7. The minimum Gasteiger partial charge on any atom is -0.356 e. The van der Waals surface area contributed by atoms with Crippen molar-refractivity contribution in [2.45, 2.75) is 12.8 Å². The first kappa shape index (κ1) is 12.8. The third-order valence-electron chi connectivity index (χ3n) is 3.27. The van der Waals surface area contributed by atoms with E-state index in [9.17, 15) is 8.78 Å². The number of nitrogens with zero attached hydrogens (tertiary/aromatic N) is 3. The standard InChI is InChI=1S/C14H14F2N4/c15-10-3-4-11(16)12(7-10)19-13-8-14(18-9-17-13)20-5-1-2-6-20/h3-4,7-9H,1-2,5-6H2,(H,17,18,19). The van der Waals surface area contributed by atoms with E-state index in [-0.39, 0.29) is 5.69 Å². The lowest BCUT2D eigenvalue weighted by atomic mass is 10.3. The molecule has 1 aliphatic heterocycles. The smallest absolute Gasteiger partial charge is 0.146 e. The Morgan fingerprint density at radius 2 is 1.85 bits per heavy atom. The third kappa shape index (κ3) is 2.68. The van der Waals surface area contributed by atoms with Gasteiger partial charge >= 0.3 is 0 Å². The highest BCUT2D eigenvalue weighted by Gasteiger charge is 2.14. The fourth-order valence-electron chi connectivity index (χ4n) is 2.27. The van der Waals surface area contributed by atoms with E-state index in [4.69, 9.17) is 0 Å². The van der Waals surface area contributed by atoms with Gasteiger partial charge in [-0.05, 0) is 25.0 Å². The highest BCUT2D eigenvalue weighted by Crippen LogP contribution is 2.23. The molecule has 1 aromatic carbocycles. The van der Waals surface area contributed by atoms with E-state index in [0.29, 0.717) is 5.82 Å². The van der Waals surface area contributed by atoms with Gasteiger partial charge in [0.2, 0.25) is 0 Å². The fourth-order valence-corrected chi connectivity index (χ4v) is 2.27. The Hall–Kier alpha value is -2.24. The van der Waals surface area contributed by atoms with Gasteiger partial charge in [0, 0.05) is 25.2 Å². The SMILES string of the molecule is Fc1ccc(F)c(Nc2cc(N3CCCC3)ncn2)c1. The summed E-state index contributed by atoms with van der Waals surface area (Å²) in [6, 6.07) is 5.01. The van der Waals surface area contributed by atoms with Crippen LogP contribution in [0.15, 0.2) is 30.6 Å². The maximum Gasteiger partial charge on any atom is 0.146 e. The molecule has 1 fully saturated rings. The van der Waals surface area contributed by atoms with Gasteiger partial charge < -0.3 is 10.2 Å². The predicted octanol–water partition coefficient (Wildman–Crippen LogP) is 3.10. The van der Waals surface area contributed by atoms with Crippen molar-refractivity contribution in [1.29, 1.82) is 0 Å². The van der Waals surface area contributed by atoms with Crippen molar-refractivity contribution in [3.8, 4) is 0 Å². The molecule has 0 spiro atoms. The predicted molar refractivity (Wildman–Crippen MR) is 73.1 cm³/mol. The molecule has 2 heterocycles. The molecule has 0 saturated carbocycles. The van der Waals surface area contributed by atoms with Crippen molar-refractivity contribution in [1.82, 2.24) is 9.97 Å². The molecule has 0 aliphatic carbocycles. The van der Waals surface area contributed by atoms with Crippen molar-refractivity contribution >= 4 is 17.3 Å². The molecule has 0 atom stereocenters. The normalized spacial score (nSPS) is 14.6. The summed E-state index contributed by atoms with van der Waals surface area (Å²) in [5, 5.41) is 2.78. The molecule has 1 N–H and O–H groups in total. The minimum atomic E-state index is -0.521. The number of rotatable bonds is 3. The summed E-state index contributed by atoms with van der Waals surface area (Å²) in [5.41, 5.74) is 0.0658. The summed E-state index contributed by atoms with van der Waals surface area (Å²) in [7, 11) is 0. The van der Waals surface area contributed by atoms with Crippen LogP contribution in [0.4, 0.5) is 26.1 Å². The number of hydrogen-bond acceptors (Lipinski definition) is 4. The molecular weight excluding hydrogens is 262 g/mol. The Bertz CT molecular complexity index is 612. The van der Waals surface area contributed by atoms with Crippen LogP contribution < -0.4 is 10.2 Å². The molecule has 4 nitrogen and oxygen atoms in total. The molecule has 20 heavy (non-hydrogen) atoms. The van der Waals surface area contributed by atoms with Crippen LogP contribution in [-0.2, 0) is 0 Å². The van der Waals surface area contributed by atoms with Crippen LogP contribution in [0.3, 0.4) is 0 Å². The number of anilines is 3. The van der Waals surface area contributed by atoms with Gasteiger partial charge in [0.05, 0.1) is 5.69 Å². The number of nitrogens with one attached hydrogen (secondary N) is 1.